The van der Waals surface area contributed by atoms with Crippen molar-refractivity contribution in [2.24, 2.45) is 0 Å². The third-order valence-corrected chi connectivity index (χ3v) is 2.13. The highest BCUT2D eigenvalue weighted by Gasteiger charge is 2.11. The maximum Gasteiger partial charge on any atom is 0.488 e. The first-order valence-electron chi connectivity index (χ1n) is 5.49. The van der Waals surface area contributed by atoms with Gasteiger partial charge in [-0.2, -0.15) is 0 Å². The predicted molar refractivity (Wildman–Crippen MR) is 67.7 cm³/mol. The van der Waals surface area contributed by atoms with Gasteiger partial charge in [-0.25, -0.2) is 4.79 Å². The average molecular weight is 264 g/mol. The number of carbonyl (C=O) groups is 2. The van der Waals surface area contributed by atoms with E-state index in [1.165, 1.54) is 24.3 Å². The summed E-state index contributed by atoms with van der Waals surface area (Å²) in [4.78, 5) is 22.1. The number of benzene rings is 1. The van der Waals surface area contributed by atoms with Gasteiger partial charge in [0.2, 0.25) is 0 Å². The van der Waals surface area contributed by atoms with E-state index in [2.05, 4.69) is 11.3 Å². The van der Waals surface area contributed by atoms with Crippen molar-refractivity contribution in [3.63, 3.8) is 0 Å². The first kappa shape index (κ1) is 14.9. The van der Waals surface area contributed by atoms with Crippen LogP contribution in [0.25, 0.3) is 0 Å². The van der Waals surface area contributed by atoms with Gasteiger partial charge in [0.25, 0.3) is 0 Å². The number of carbonyl (C=O) groups excluding carboxylic acids is 2. The maximum absolute atomic E-state index is 11.4. The van der Waals surface area contributed by atoms with Crippen LogP contribution in [-0.4, -0.2) is 35.7 Å². The van der Waals surface area contributed by atoms with E-state index in [0.717, 1.165) is 6.08 Å². The second-order valence-corrected chi connectivity index (χ2v) is 3.54. The highest BCUT2D eigenvalue weighted by Crippen LogP contribution is 2.08. The van der Waals surface area contributed by atoms with Crippen LogP contribution in [0.5, 0.6) is 5.75 Å². The summed E-state index contributed by atoms with van der Waals surface area (Å²) in [7, 11) is -1.57. The highest BCUT2D eigenvalue weighted by atomic mass is 16.5. The lowest BCUT2D eigenvalue weighted by Gasteiger charge is -2.05. The molecule has 0 amide bonds. The van der Waals surface area contributed by atoms with E-state index in [-0.39, 0.29) is 18.8 Å². The lowest BCUT2D eigenvalue weighted by molar-refractivity contribution is -0.141. The standard InChI is InChI=1S/C12H13BO6/c1-2-11(14)18-8-7-12(15)19-10-5-3-9(4-6-10)13(16)17/h2-6,16-17H,1,7-8H2. The van der Waals surface area contributed by atoms with Crippen LogP contribution in [0.15, 0.2) is 36.9 Å². The third kappa shape index (κ3) is 5.37. The van der Waals surface area contributed by atoms with Gasteiger partial charge in [-0.15, -0.1) is 0 Å². The van der Waals surface area contributed by atoms with Crippen molar-refractivity contribution in [3.05, 3.63) is 36.9 Å². The molecule has 6 nitrogen and oxygen atoms in total. The van der Waals surface area contributed by atoms with E-state index < -0.39 is 19.1 Å². The fourth-order valence-electron chi connectivity index (χ4n) is 1.18. The summed E-state index contributed by atoms with van der Waals surface area (Å²) < 4.78 is 9.57. The Bertz CT molecular complexity index is 454. The molecule has 0 saturated carbocycles. The maximum atomic E-state index is 11.4. The Morgan fingerprint density at radius 3 is 2.42 bits per heavy atom. The number of hydrogen-bond acceptors (Lipinski definition) is 6. The zero-order valence-corrected chi connectivity index (χ0v) is 10.1. The minimum atomic E-state index is -1.57. The molecule has 0 aliphatic carbocycles. The summed E-state index contributed by atoms with van der Waals surface area (Å²) >= 11 is 0. The molecule has 19 heavy (non-hydrogen) atoms. The Balaban J connectivity index is 2.39. The molecule has 0 aliphatic rings. The Morgan fingerprint density at radius 2 is 1.89 bits per heavy atom. The van der Waals surface area contributed by atoms with Crippen LogP contribution in [0, 0.1) is 0 Å². The van der Waals surface area contributed by atoms with Crippen molar-refractivity contribution in [1.29, 1.82) is 0 Å². The van der Waals surface area contributed by atoms with Crippen LogP contribution in [0.1, 0.15) is 6.42 Å². The van der Waals surface area contributed by atoms with Gasteiger partial charge >= 0.3 is 19.1 Å². The van der Waals surface area contributed by atoms with Gasteiger partial charge in [0.05, 0.1) is 6.42 Å². The number of ether oxygens (including phenoxy) is 2. The topological polar surface area (TPSA) is 93.1 Å². The molecule has 100 valence electrons. The van der Waals surface area contributed by atoms with Crippen LogP contribution in [-0.2, 0) is 14.3 Å². The van der Waals surface area contributed by atoms with Gasteiger partial charge in [0.1, 0.15) is 12.4 Å². The SMILES string of the molecule is C=CC(=O)OCCC(=O)Oc1ccc(B(O)O)cc1. The number of hydrogen-bond donors (Lipinski definition) is 2. The number of esters is 2. The Morgan fingerprint density at radius 1 is 1.26 bits per heavy atom. The lowest BCUT2D eigenvalue weighted by Crippen LogP contribution is -2.29. The van der Waals surface area contributed by atoms with Gasteiger partial charge < -0.3 is 19.5 Å². The van der Waals surface area contributed by atoms with Gasteiger partial charge in [0.15, 0.2) is 0 Å². The Labute approximate surface area is 110 Å². The summed E-state index contributed by atoms with van der Waals surface area (Å²) in [6, 6.07) is 5.71. The van der Waals surface area contributed by atoms with Crippen LogP contribution in [0.3, 0.4) is 0 Å². The fourth-order valence-corrected chi connectivity index (χ4v) is 1.18. The molecule has 0 unspecified atom stereocenters. The molecule has 0 heterocycles. The summed E-state index contributed by atoms with van der Waals surface area (Å²) in [5, 5.41) is 17.8. The third-order valence-electron chi connectivity index (χ3n) is 2.13. The molecular formula is C12H13BO6. The first-order valence-corrected chi connectivity index (χ1v) is 5.49. The molecule has 0 aliphatic heterocycles. The molecule has 0 spiro atoms. The molecule has 1 aromatic rings. The second-order valence-electron chi connectivity index (χ2n) is 3.54. The van der Waals surface area contributed by atoms with Gasteiger partial charge in [-0.3, -0.25) is 4.79 Å². The summed E-state index contributed by atoms with van der Waals surface area (Å²) in [6.45, 7) is 3.13. The predicted octanol–water partition coefficient (Wildman–Crippen LogP) is -0.609. The van der Waals surface area contributed by atoms with E-state index in [4.69, 9.17) is 14.8 Å². The molecule has 0 aromatic heterocycles. The van der Waals surface area contributed by atoms with Crippen LogP contribution >= 0.6 is 0 Å². The number of rotatable bonds is 6. The van der Waals surface area contributed by atoms with Crippen molar-refractivity contribution < 1.29 is 29.1 Å². The summed E-state index contributed by atoms with van der Waals surface area (Å²) in [6.07, 6.45) is 0.925. The second kappa shape index (κ2) is 7.35. The molecule has 0 atom stereocenters. The minimum absolute atomic E-state index is 0.0794. The molecule has 1 aromatic carbocycles. The molecule has 2 N–H and O–H groups in total. The molecule has 1 rings (SSSR count). The van der Waals surface area contributed by atoms with Gasteiger partial charge in [-0.05, 0) is 17.6 Å². The van der Waals surface area contributed by atoms with Crippen molar-refractivity contribution in [3.8, 4) is 5.75 Å². The summed E-state index contributed by atoms with van der Waals surface area (Å²) in [5.74, 6) is -0.896. The van der Waals surface area contributed by atoms with E-state index in [9.17, 15) is 9.59 Å². The van der Waals surface area contributed by atoms with E-state index in [1.807, 2.05) is 0 Å². The largest absolute Gasteiger partial charge is 0.488 e. The van der Waals surface area contributed by atoms with Crippen LogP contribution in [0.2, 0.25) is 0 Å². The van der Waals surface area contributed by atoms with E-state index in [0.29, 0.717) is 5.46 Å². The lowest BCUT2D eigenvalue weighted by atomic mass is 9.80. The van der Waals surface area contributed by atoms with Crippen molar-refractivity contribution in [2.75, 3.05) is 6.61 Å². The van der Waals surface area contributed by atoms with Crippen molar-refractivity contribution in [1.82, 2.24) is 0 Å². The highest BCUT2D eigenvalue weighted by molar-refractivity contribution is 6.58. The minimum Gasteiger partial charge on any atom is -0.462 e. The van der Waals surface area contributed by atoms with Crippen molar-refractivity contribution >= 4 is 24.5 Å². The van der Waals surface area contributed by atoms with Crippen molar-refractivity contribution in [2.45, 2.75) is 6.42 Å². The normalized spacial score (nSPS) is 9.58. The van der Waals surface area contributed by atoms with E-state index in [1.54, 1.807) is 0 Å². The average Bonchev–Trinajstić information content (AvgIpc) is 2.39. The van der Waals surface area contributed by atoms with Gasteiger partial charge in [-0.1, -0.05) is 18.7 Å². The molecule has 0 saturated heterocycles. The fraction of sp³-hybridized carbons (Fsp3) is 0.167. The quantitative estimate of drug-likeness (QED) is 0.308. The zero-order chi connectivity index (χ0) is 14.3. The zero-order valence-electron chi connectivity index (χ0n) is 10.1. The van der Waals surface area contributed by atoms with Crippen LogP contribution < -0.4 is 10.2 Å². The first-order chi connectivity index (χ1) is 9.02. The van der Waals surface area contributed by atoms with Gasteiger partial charge in [0, 0.05) is 6.08 Å². The molecule has 7 heteroatoms. The monoisotopic (exact) mass is 264 g/mol. The smallest absolute Gasteiger partial charge is 0.462 e. The van der Waals surface area contributed by atoms with Crippen LogP contribution in [0.4, 0.5) is 0 Å². The molecule has 0 radical (unpaired) electrons. The Hall–Kier alpha value is -2.12. The summed E-state index contributed by atoms with van der Waals surface area (Å²) in [5.41, 5.74) is 0.291. The van der Waals surface area contributed by atoms with E-state index >= 15 is 0 Å². The molecule has 0 bridgehead atoms. The molecule has 0 fully saturated rings. The molecular weight excluding hydrogens is 251 g/mol. The Kier molecular flexibility index (Phi) is 5.78.